The van der Waals surface area contributed by atoms with E-state index in [4.69, 9.17) is 0 Å². The summed E-state index contributed by atoms with van der Waals surface area (Å²) in [6.07, 6.45) is 0. The fourth-order valence-corrected chi connectivity index (χ4v) is 13.2. The van der Waals surface area contributed by atoms with E-state index in [0.29, 0.717) is 0 Å². The summed E-state index contributed by atoms with van der Waals surface area (Å²) < 4.78 is 0. The average molecular weight is 1110 g/mol. The minimum atomic E-state index is -0.626. The Morgan fingerprint density at radius 1 is 0.172 bits per heavy atom. The van der Waals surface area contributed by atoms with Crippen LogP contribution in [0, 0.1) is 0 Å². The van der Waals surface area contributed by atoms with Gasteiger partial charge in [-0.25, -0.2) is 0 Å². The van der Waals surface area contributed by atoms with Gasteiger partial charge in [-0.3, -0.25) is 0 Å². The maximum absolute atomic E-state index is 2.44. The van der Waals surface area contributed by atoms with Crippen molar-refractivity contribution in [3.05, 3.63) is 386 Å². The second-order valence-electron chi connectivity index (χ2n) is 22.4. The molecule has 0 heterocycles. The Hall–Kier alpha value is -11.3. The van der Waals surface area contributed by atoms with E-state index < -0.39 is 5.41 Å². The second kappa shape index (κ2) is 23.0. The predicted octanol–water partition coefficient (Wildman–Crippen LogP) is 23.0. The maximum atomic E-state index is 2.44. The first-order valence-electron chi connectivity index (χ1n) is 30.0. The fraction of sp³-hybridized carbons (Fsp3) is 0.0118. The maximum Gasteiger partial charge on any atom is 0.0713 e. The summed E-state index contributed by atoms with van der Waals surface area (Å²) in [7, 11) is 0. The number of hydrogen-bond acceptors (Lipinski definition) is 2. The molecule has 0 spiro atoms. The lowest BCUT2D eigenvalue weighted by Crippen LogP contribution is -2.28. The van der Waals surface area contributed by atoms with E-state index in [9.17, 15) is 0 Å². The molecule has 0 radical (unpaired) electrons. The lowest BCUT2D eigenvalue weighted by atomic mass is 9.67. The van der Waals surface area contributed by atoms with Gasteiger partial charge in [0.1, 0.15) is 0 Å². The van der Waals surface area contributed by atoms with Gasteiger partial charge in [0.15, 0.2) is 0 Å². The van der Waals surface area contributed by atoms with Crippen LogP contribution in [0.1, 0.15) is 22.3 Å². The molecule has 0 N–H and O–H groups in total. The van der Waals surface area contributed by atoms with Gasteiger partial charge >= 0.3 is 0 Å². The van der Waals surface area contributed by atoms with E-state index in [1.165, 1.54) is 66.8 Å². The smallest absolute Gasteiger partial charge is 0.0713 e. The lowest BCUT2D eigenvalue weighted by Gasteiger charge is -2.34. The van der Waals surface area contributed by atoms with Gasteiger partial charge in [-0.1, -0.05) is 297 Å². The zero-order chi connectivity index (χ0) is 57.9. The standard InChI is InChI=1S/C85H60N2/c1-7-22-61(23-8-1)66-38-48-73(49-39-66)85(72-32-17-6-18-33-72)82-36-20-19-34-81(82)84-80(35-21-37-83(84)85)71-58-78(86(74-50-40-67(41-51-74)62-24-9-2-10-25-62)75-52-42-68(43-53-75)63-26-11-3-12-27-63)60-79(59-71)87(76-54-44-69(45-55-76)64-28-13-4-14-29-64)77-56-46-70(47-57-77)65-30-15-5-16-31-65/h1-60H. The van der Waals surface area contributed by atoms with Gasteiger partial charge in [-0.05, 0) is 167 Å². The van der Waals surface area contributed by atoms with Crippen LogP contribution in [0.25, 0.3) is 77.9 Å². The highest BCUT2D eigenvalue weighted by Gasteiger charge is 2.47. The van der Waals surface area contributed by atoms with Gasteiger partial charge in [-0.15, -0.1) is 0 Å². The Kier molecular flexibility index (Phi) is 13.9. The van der Waals surface area contributed by atoms with Crippen molar-refractivity contribution in [1.82, 2.24) is 0 Å². The van der Waals surface area contributed by atoms with E-state index >= 15 is 0 Å². The monoisotopic (exact) mass is 1110 g/mol. The molecule has 0 aliphatic heterocycles. The van der Waals surface area contributed by atoms with Gasteiger partial charge in [0.2, 0.25) is 0 Å². The highest BCUT2D eigenvalue weighted by Crippen LogP contribution is 2.59. The van der Waals surface area contributed by atoms with Gasteiger partial charge in [0.25, 0.3) is 0 Å². The zero-order valence-electron chi connectivity index (χ0n) is 48.0. The first kappa shape index (κ1) is 52.5. The summed E-state index contributed by atoms with van der Waals surface area (Å²) in [4.78, 5) is 4.87. The molecule has 1 unspecified atom stereocenters. The molecule has 14 aromatic carbocycles. The minimum Gasteiger partial charge on any atom is -0.310 e. The van der Waals surface area contributed by atoms with Crippen LogP contribution in [0.3, 0.4) is 0 Å². The molecular formula is C85H60N2. The molecule has 0 saturated carbocycles. The molecule has 0 amide bonds. The Bertz CT molecular complexity index is 4290. The molecule has 1 aliphatic carbocycles. The summed E-state index contributed by atoms with van der Waals surface area (Å²) in [6.45, 7) is 0. The van der Waals surface area contributed by atoms with Crippen LogP contribution in [0.15, 0.2) is 364 Å². The van der Waals surface area contributed by atoms with Crippen molar-refractivity contribution >= 4 is 34.1 Å². The molecule has 15 rings (SSSR count). The van der Waals surface area contributed by atoms with Crippen LogP contribution in [0.2, 0.25) is 0 Å². The van der Waals surface area contributed by atoms with Crippen LogP contribution in [-0.2, 0) is 5.41 Å². The number of nitrogens with zero attached hydrogens (tertiary/aromatic N) is 2. The SMILES string of the molecule is c1ccc(-c2ccc(N(c3ccc(-c4ccccc4)cc3)c3cc(-c4cccc5c4-c4ccccc4C5(c4ccccc4)c4ccc(-c5ccccc5)cc4)cc(N(c4ccc(-c5ccccc5)cc4)c4ccc(-c5ccccc5)cc4)c3)cc2)cc1. The number of fused-ring (bicyclic) bond motifs is 3. The van der Waals surface area contributed by atoms with Gasteiger partial charge in [0, 0.05) is 34.1 Å². The normalized spacial score (nSPS) is 13.1. The fourth-order valence-electron chi connectivity index (χ4n) is 13.2. The molecule has 0 fully saturated rings. The summed E-state index contributed by atoms with van der Waals surface area (Å²) in [5.41, 5.74) is 27.0. The summed E-state index contributed by atoms with van der Waals surface area (Å²) in [6, 6.07) is 133. The van der Waals surface area contributed by atoms with Crippen LogP contribution in [0.4, 0.5) is 34.1 Å². The molecule has 410 valence electrons. The third-order valence-electron chi connectivity index (χ3n) is 17.4. The minimum absolute atomic E-state index is 0.626. The first-order valence-corrected chi connectivity index (χ1v) is 30.0. The second-order valence-corrected chi connectivity index (χ2v) is 22.4. The summed E-state index contributed by atoms with van der Waals surface area (Å²) in [5, 5.41) is 0. The quantitative estimate of drug-likeness (QED) is 0.107. The van der Waals surface area contributed by atoms with E-state index in [1.54, 1.807) is 0 Å². The van der Waals surface area contributed by atoms with E-state index in [1.807, 2.05) is 0 Å². The largest absolute Gasteiger partial charge is 0.310 e. The molecule has 0 aromatic heterocycles. The third-order valence-corrected chi connectivity index (χ3v) is 17.4. The number of benzene rings is 14. The van der Waals surface area contributed by atoms with Crippen molar-refractivity contribution in [3.63, 3.8) is 0 Å². The Morgan fingerprint density at radius 3 is 0.816 bits per heavy atom. The number of anilines is 6. The van der Waals surface area contributed by atoms with Crippen molar-refractivity contribution in [3.8, 4) is 77.9 Å². The van der Waals surface area contributed by atoms with Crippen molar-refractivity contribution in [2.24, 2.45) is 0 Å². The molecule has 2 nitrogen and oxygen atoms in total. The van der Waals surface area contributed by atoms with Gasteiger partial charge < -0.3 is 9.80 Å². The Morgan fingerprint density at radius 2 is 0.448 bits per heavy atom. The van der Waals surface area contributed by atoms with Gasteiger partial charge in [-0.2, -0.15) is 0 Å². The van der Waals surface area contributed by atoms with Crippen LogP contribution in [-0.4, -0.2) is 0 Å². The molecule has 0 saturated heterocycles. The summed E-state index contributed by atoms with van der Waals surface area (Å²) >= 11 is 0. The van der Waals surface area contributed by atoms with E-state index in [-0.39, 0.29) is 0 Å². The zero-order valence-corrected chi connectivity index (χ0v) is 48.0. The average Bonchev–Trinajstić information content (AvgIpc) is 1.59. The van der Waals surface area contributed by atoms with Crippen molar-refractivity contribution in [2.45, 2.75) is 5.41 Å². The van der Waals surface area contributed by atoms with Crippen molar-refractivity contribution in [2.75, 3.05) is 9.80 Å². The number of rotatable bonds is 14. The van der Waals surface area contributed by atoms with Crippen LogP contribution < -0.4 is 9.80 Å². The van der Waals surface area contributed by atoms with Crippen molar-refractivity contribution in [1.29, 1.82) is 0 Å². The topological polar surface area (TPSA) is 6.48 Å². The highest BCUT2D eigenvalue weighted by molar-refractivity contribution is 5.98. The number of hydrogen-bond donors (Lipinski definition) is 0. The molecule has 1 atom stereocenters. The van der Waals surface area contributed by atoms with Crippen molar-refractivity contribution < 1.29 is 0 Å². The first-order chi connectivity index (χ1) is 43.1. The molecule has 14 aromatic rings. The molecular weight excluding hydrogens is 1050 g/mol. The van der Waals surface area contributed by atoms with Gasteiger partial charge in [0.05, 0.1) is 5.41 Å². The third kappa shape index (κ3) is 9.89. The Balaban J connectivity index is 0.984. The molecule has 2 heteroatoms. The molecule has 87 heavy (non-hydrogen) atoms. The van der Waals surface area contributed by atoms with Crippen LogP contribution >= 0.6 is 0 Å². The predicted molar refractivity (Wildman–Crippen MR) is 366 cm³/mol. The molecule has 1 aliphatic rings. The summed E-state index contributed by atoms with van der Waals surface area (Å²) in [5.74, 6) is 0. The highest BCUT2D eigenvalue weighted by atomic mass is 15.2. The lowest BCUT2D eigenvalue weighted by molar-refractivity contribution is 0.769. The molecule has 0 bridgehead atoms. The van der Waals surface area contributed by atoms with E-state index in [0.717, 1.165) is 67.5 Å². The van der Waals surface area contributed by atoms with E-state index in [2.05, 4.69) is 374 Å². The van der Waals surface area contributed by atoms with Crippen LogP contribution in [0.5, 0.6) is 0 Å². The Labute approximate surface area is 510 Å².